The average Bonchev–Trinajstić information content (AvgIpc) is 3.16. The highest BCUT2D eigenvalue weighted by Crippen LogP contribution is 2.26. The van der Waals surface area contributed by atoms with Gasteiger partial charge >= 0.3 is 0 Å². The van der Waals surface area contributed by atoms with Gasteiger partial charge in [-0.1, -0.05) is 79.1 Å². The minimum Gasteiger partial charge on any atom is -0.351 e. The van der Waals surface area contributed by atoms with Gasteiger partial charge in [0, 0.05) is 18.6 Å². The monoisotopic (exact) mass is 519 g/mol. The van der Waals surface area contributed by atoms with Crippen molar-refractivity contribution in [2.24, 2.45) is 13.0 Å². The molecule has 7 nitrogen and oxygen atoms in total. The molecule has 0 saturated heterocycles. The van der Waals surface area contributed by atoms with Crippen LogP contribution >= 0.6 is 35.0 Å². The van der Waals surface area contributed by atoms with Gasteiger partial charge in [0.05, 0.1) is 22.4 Å². The molecule has 0 spiro atoms. The fourth-order valence-electron chi connectivity index (χ4n) is 3.34. The van der Waals surface area contributed by atoms with Gasteiger partial charge in [0.1, 0.15) is 0 Å². The minimum absolute atomic E-state index is 0.0946. The van der Waals surface area contributed by atoms with Crippen LogP contribution in [0.25, 0.3) is 0 Å². The number of hydrogen-bond acceptors (Lipinski definition) is 5. The van der Waals surface area contributed by atoms with Gasteiger partial charge in [0.25, 0.3) is 5.91 Å². The highest BCUT2D eigenvalue weighted by molar-refractivity contribution is 7.99. The third-order valence-electron chi connectivity index (χ3n) is 5.03. The Morgan fingerprint density at radius 1 is 1.09 bits per heavy atom. The summed E-state index contributed by atoms with van der Waals surface area (Å²) < 4.78 is 1.81. The van der Waals surface area contributed by atoms with Crippen LogP contribution in [0.3, 0.4) is 0 Å². The lowest BCUT2D eigenvalue weighted by Crippen LogP contribution is -2.31. The van der Waals surface area contributed by atoms with E-state index >= 15 is 0 Å². The quantitative estimate of drug-likeness (QED) is 0.366. The Balaban J connectivity index is 1.65. The lowest BCUT2D eigenvalue weighted by atomic mass is 10.0. The molecule has 34 heavy (non-hydrogen) atoms. The van der Waals surface area contributed by atoms with Crippen molar-refractivity contribution in [2.75, 3.05) is 5.75 Å². The van der Waals surface area contributed by atoms with Crippen molar-refractivity contribution in [3.8, 4) is 0 Å². The molecule has 0 fully saturated rings. The number of rotatable bonds is 10. The van der Waals surface area contributed by atoms with Crippen LogP contribution in [0.5, 0.6) is 0 Å². The highest BCUT2D eigenvalue weighted by Gasteiger charge is 2.24. The first-order chi connectivity index (χ1) is 16.2. The molecule has 1 aromatic heterocycles. The standard InChI is InChI=1S/C24H27Cl2N5O2S/c1-15(2)11-20(28-23(33)18-10-9-17(25)12-19(18)26)22-29-30-24(31(22)3)34-14-21(32)27-13-16-7-5-4-6-8-16/h4-10,12,15,20H,11,13-14H2,1-3H3,(H,27,32)(H,28,33). The number of halogens is 2. The molecular formula is C24H27Cl2N5O2S. The van der Waals surface area contributed by atoms with E-state index in [1.807, 2.05) is 41.9 Å². The van der Waals surface area contributed by atoms with Crippen LogP contribution in [0.2, 0.25) is 10.0 Å². The summed E-state index contributed by atoms with van der Waals surface area (Å²) in [6.07, 6.45) is 0.658. The van der Waals surface area contributed by atoms with Gasteiger partial charge in [-0.2, -0.15) is 0 Å². The van der Waals surface area contributed by atoms with Crippen molar-refractivity contribution in [1.29, 1.82) is 0 Å². The zero-order valence-corrected chi connectivity index (χ0v) is 21.5. The number of nitrogens with one attached hydrogen (secondary N) is 2. The van der Waals surface area contributed by atoms with Crippen molar-refractivity contribution in [3.05, 3.63) is 75.5 Å². The Morgan fingerprint density at radius 3 is 2.50 bits per heavy atom. The third-order valence-corrected chi connectivity index (χ3v) is 6.60. The van der Waals surface area contributed by atoms with Gasteiger partial charge in [-0.05, 0) is 36.1 Å². The van der Waals surface area contributed by atoms with E-state index in [4.69, 9.17) is 23.2 Å². The van der Waals surface area contributed by atoms with Crippen LogP contribution in [0.1, 0.15) is 48.1 Å². The van der Waals surface area contributed by atoms with Gasteiger partial charge in [0.2, 0.25) is 5.91 Å². The number of amides is 2. The average molecular weight is 520 g/mol. The van der Waals surface area contributed by atoms with Gasteiger partial charge < -0.3 is 15.2 Å². The maximum atomic E-state index is 12.9. The number of carbonyl (C=O) groups is 2. The van der Waals surface area contributed by atoms with Crippen LogP contribution in [0.4, 0.5) is 0 Å². The summed E-state index contributed by atoms with van der Waals surface area (Å²) in [4.78, 5) is 25.2. The minimum atomic E-state index is -0.377. The summed E-state index contributed by atoms with van der Waals surface area (Å²) in [5, 5.41) is 15.8. The molecule has 3 rings (SSSR count). The van der Waals surface area contributed by atoms with E-state index in [1.165, 1.54) is 17.8 Å². The largest absolute Gasteiger partial charge is 0.351 e. The predicted octanol–water partition coefficient (Wildman–Crippen LogP) is 5.05. The van der Waals surface area contributed by atoms with Gasteiger partial charge in [-0.25, -0.2) is 0 Å². The summed E-state index contributed by atoms with van der Waals surface area (Å²) in [5.74, 6) is 0.704. The van der Waals surface area contributed by atoms with Gasteiger partial charge in [-0.3, -0.25) is 9.59 Å². The Hall–Kier alpha value is -2.55. The molecule has 0 aliphatic carbocycles. The van der Waals surface area contributed by atoms with Crippen molar-refractivity contribution < 1.29 is 9.59 Å². The third kappa shape index (κ3) is 7.22. The molecule has 1 unspecified atom stereocenters. The molecule has 180 valence electrons. The van der Waals surface area contributed by atoms with Crippen LogP contribution < -0.4 is 10.6 Å². The van der Waals surface area contributed by atoms with E-state index < -0.39 is 0 Å². The van der Waals surface area contributed by atoms with Crippen molar-refractivity contribution in [3.63, 3.8) is 0 Å². The van der Waals surface area contributed by atoms with Crippen LogP contribution in [-0.4, -0.2) is 32.3 Å². The topological polar surface area (TPSA) is 88.9 Å². The van der Waals surface area contributed by atoms with Crippen LogP contribution in [-0.2, 0) is 18.4 Å². The molecule has 0 bridgehead atoms. The first kappa shape index (κ1) is 26.1. The molecule has 0 aliphatic rings. The van der Waals surface area contributed by atoms with Crippen LogP contribution in [0.15, 0.2) is 53.7 Å². The first-order valence-electron chi connectivity index (χ1n) is 10.8. The normalized spacial score (nSPS) is 11.9. The number of hydrogen-bond donors (Lipinski definition) is 2. The maximum absolute atomic E-state index is 12.9. The summed E-state index contributed by atoms with van der Waals surface area (Å²) in [7, 11) is 1.83. The van der Waals surface area contributed by atoms with E-state index in [0.29, 0.717) is 40.5 Å². The summed E-state index contributed by atoms with van der Waals surface area (Å²) in [6, 6.07) is 14.1. The molecule has 0 radical (unpaired) electrons. The van der Waals surface area contributed by atoms with E-state index in [1.54, 1.807) is 12.1 Å². The molecule has 3 aromatic rings. The summed E-state index contributed by atoms with van der Waals surface area (Å²) in [5.41, 5.74) is 1.38. The maximum Gasteiger partial charge on any atom is 0.253 e. The molecule has 0 aliphatic heterocycles. The molecule has 10 heteroatoms. The summed E-state index contributed by atoms with van der Waals surface area (Å²) in [6.45, 7) is 4.61. The SMILES string of the molecule is CC(C)CC(NC(=O)c1ccc(Cl)cc1Cl)c1nnc(SCC(=O)NCc2ccccc2)n1C. The lowest BCUT2D eigenvalue weighted by Gasteiger charge is -2.20. The second kappa shape index (κ2) is 12.2. The van der Waals surface area contributed by atoms with Crippen molar-refractivity contribution >= 4 is 46.8 Å². The second-order valence-corrected chi connectivity index (χ2v) is 10.0. The van der Waals surface area contributed by atoms with Crippen molar-refractivity contribution in [1.82, 2.24) is 25.4 Å². The fraction of sp³-hybridized carbons (Fsp3) is 0.333. The molecule has 2 amide bonds. The zero-order valence-electron chi connectivity index (χ0n) is 19.2. The molecule has 1 atom stereocenters. The zero-order chi connectivity index (χ0) is 24.7. The molecular weight excluding hydrogens is 493 g/mol. The molecule has 0 saturated carbocycles. The number of thioether (sulfide) groups is 1. The van der Waals surface area contributed by atoms with E-state index in [-0.39, 0.29) is 28.6 Å². The molecule has 2 aromatic carbocycles. The second-order valence-electron chi connectivity index (χ2n) is 8.23. The first-order valence-corrected chi connectivity index (χ1v) is 12.6. The summed E-state index contributed by atoms with van der Waals surface area (Å²) >= 11 is 13.5. The smallest absolute Gasteiger partial charge is 0.253 e. The Labute approximate surface area is 213 Å². The van der Waals surface area contributed by atoms with E-state index in [2.05, 4.69) is 34.7 Å². The highest BCUT2D eigenvalue weighted by atomic mass is 35.5. The number of carbonyl (C=O) groups excluding carboxylic acids is 2. The van der Waals surface area contributed by atoms with E-state index in [0.717, 1.165) is 5.56 Å². The number of aromatic nitrogens is 3. The lowest BCUT2D eigenvalue weighted by molar-refractivity contribution is -0.118. The molecule has 1 heterocycles. The Bertz CT molecular complexity index is 1140. The Morgan fingerprint density at radius 2 is 1.82 bits per heavy atom. The number of benzene rings is 2. The molecule has 2 N–H and O–H groups in total. The van der Waals surface area contributed by atoms with Crippen LogP contribution in [0, 0.1) is 5.92 Å². The Kier molecular flexibility index (Phi) is 9.38. The van der Waals surface area contributed by atoms with Gasteiger partial charge in [-0.15, -0.1) is 10.2 Å². The van der Waals surface area contributed by atoms with Gasteiger partial charge in [0.15, 0.2) is 11.0 Å². The van der Waals surface area contributed by atoms with E-state index in [9.17, 15) is 9.59 Å². The number of nitrogens with zero attached hydrogens (tertiary/aromatic N) is 3. The van der Waals surface area contributed by atoms with Crippen molar-refractivity contribution in [2.45, 2.75) is 38.0 Å². The predicted molar refractivity (Wildman–Crippen MR) is 136 cm³/mol. The fourth-order valence-corrected chi connectivity index (χ4v) is 4.59.